The molecule has 0 aliphatic rings. The summed E-state index contributed by atoms with van der Waals surface area (Å²) in [6.45, 7) is 0.301. The number of hydrogen-bond donors (Lipinski definition) is 3. The van der Waals surface area contributed by atoms with Crippen molar-refractivity contribution in [3.8, 4) is 11.8 Å². The maximum Gasteiger partial charge on any atom is 0.319 e. The molecule has 1 aromatic heterocycles. The quantitative estimate of drug-likeness (QED) is 0.759. The minimum atomic E-state index is -0.243. The first-order valence-electron chi connectivity index (χ1n) is 6.06. The number of thiophene rings is 1. The molecule has 0 aliphatic carbocycles. The lowest BCUT2D eigenvalue weighted by atomic mass is 10.3. The van der Waals surface area contributed by atoms with E-state index in [-0.39, 0.29) is 12.6 Å². The van der Waals surface area contributed by atoms with Crippen molar-refractivity contribution >= 4 is 23.1 Å². The minimum absolute atomic E-state index is 0.148. The summed E-state index contributed by atoms with van der Waals surface area (Å²) in [6, 6.07) is 12.8. The molecule has 2 aromatic rings. The van der Waals surface area contributed by atoms with Crippen molar-refractivity contribution in [3.63, 3.8) is 0 Å². The number of amides is 2. The van der Waals surface area contributed by atoms with E-state index in [0.29, 0.717) is 6.54 Å². The molecule has 0 fully saturated rings. The van der Waals surface area contributed by atoms with E-state index in [4.69, 9.17) is 5.11 Å². The van der Waals surface area contributed by atoms with Crippen LogP contribution in [0.25, 0.3) is 0 Å². The standard InChI is InChI=1S/C15H14N2O2S/c18-10-4-7-13-8-9-14(20-13)11-16-15(19)17-12-5-2-1-3-6-12/h1-3,5-6,8-9,18H,10-11H2,(H2,16,17,19). The fourth-order valence-electron chi connectivity index (χ4n) is 1.53. The summed E-state index contributed by atoms with van der Waals surface area (Å²) in [7, 11) is 0. The first-order valence-corrected chi connectivity index (χ1v) is 6.88. The van der Waals surface area contributed by atoms with Crippen LogP contribution in [0.2, 0.25) is 0 Å². The summed E-state index contributed by atoms with van der Waals surface area (Å²) >= 11 is 1.49. The van der Waals surface area contributed by atoms with Gasteiger partial charge in [-0.3, -0.25) is 0 Å². The van der Waals surface area contributed by atoms with Crippen molar-refractivity contribution in [1.82, 2.24) is 5.32 Å². The molecule has 0 saturated carbocycles. The van der Waals surface area contributed by atoms with E-state index in [2.05, 4.69) is 22.5 Å². The lowest BCUT2D eigenvalue weighted by Crippen LogP contribution is -2.27. The number of carbonyl (C=O) groups excluding carboxylic acids is 1. The smallest absolute Gasteiger partial charge is 0.319 e. The molecule has 1 aromatic carbocycles. The van der Waals surface area contributed by atoms with Crippen molar-refractivity contribution in [2.75, 3.05) is 11.9 Å². The van der Waals surface area contributed by atoms with E-state index in [0.717, 1.165) is 15.4 Å². The van der Waals surface area contributed by atoms with Crippen molar-refractivity contribution < 1.29 is 9.90 Å². The van der Waals surface area contributed by atoms with Crippen LogP contribution in [0.1, 0.15) is 9.75 Å². The number of rotatable bonds is 3. The molecule has 0 aliphatic heterocycles. The predicted molar refractivity (Wildman–Crippen MR) is 80.6 cm³/mol. The summed E-state index contributed by atoms with van der Waals surface area (Å²) in [5.74, 6) is 5.42. The van der Waals surface area contributed by atoms with Crippen LogP contribution in [0, 0.1) is 11.8 Å². The fraction of sp³-hybridized carbons (Fsp3) is 0.133. The number of para-hydroxylation sites is 1. The highest BCUT2D eigenvalue weighted by molar-refractivity contribution is 7.12. The van der Waals surface area contributed by atoms with Gasteiger partial charge in [0.1, 0.15) is 6.61 Å². The second-order valence-electron chi connectivity index (χ2n) is 3.90. The maximum atomic E-state index is 11.7. The van der Waals surface area contributed by atoms with Gasteiger partial charge in [0.25, 0.3) is 0 Å². The summed E-state index contributed by atoms with van der Waals surface area (Å²) in [5.41, 5.74) is 0.755. The highest BCUT2D eigenvalue weighted by Crippen LogP contribution is 2.15. The zero-order chi connectivity index (χ0) is 14.2. The van der Waals surface area contributed by atoms with E-state index in [1.54, 1.807) is 0 Å². The van der Waals surface area contributed by atoms with Gasteiger partial charge in [-0.1, -0.05) is 30.0 Å². The summed E-state index contributed by atoms with van der Waals surface area (Å²) in [4.78, 5) is 13.6. The van der Waals surface area contributed by atoms with Crippen LogP contribution in [0.15, 0.2) is 42.5 Å². The van der Waals surface area contributed by atoms with Crippen LogP contribution in [0.5, 0.6) is 0 Å². The SMILES string of the molecule is O=C(NCc1ccc(C#CCO)s1)Nc1ccccc1. The lowest BCUT2D eigenvalue weighted by Gasteiger charge is -2.06. The van der Waals surface area contributed by atoms with E-state index in [1.165, 1.54) is 11.3 Å². The molecule has 20 heavy (non-hydrogen) atoms. The van der Waals surface area contributed by atoms with Gasteiger partial charge in [-0.15, -0.1) is 11.3 Å². The average molecular weight is 286 g/mol. The van der Waals surface area contributed by atoms with Crippen molar-refractivity contribution in [2.45, 2.75) is 6.54 Å². The Labute approximate surface area is 121 Å². The van der Waals surface area contributed by atoms with Crippen LogP contribution in [-0.4, -0.2) is 17.7 Å². The Morgan fingerprint density at radius 1 is 1.20 bits per heavy atom. The molecule has 102 valence electrons. The van der Waals surface area contributed by atoms with Gasteiger partial charge in [-0.25, -0.2) is 4.79 Å². The van der Waals surface area contributed by atoms with Gasteiger partial charge in [-0.2, -0.15) is 0 Å². The monoisotopic (exact) mass is 286 g/mol. The van der Waals surface area contributed by atoms with Gasteiger partial charge in [0, 0.05) is 10.6 Å². The summed E-state index contributed by atoms with van der Waals surface area (Å²) in [6.07, 6.45) is 0. The van der Waals surface area contributed by atoms with E-state index in [9.17, 15) is 4.79 Å². The summed E-state index contributed by atoms with van der Waals surface area (Å²) < 4.78 is 0. The van der Waals surface area contributed by atoms with Crippen molar-refractivity contribution in [1.29, 1.82) is 0 Å². The van der Waals surface area contributed by atoms with Gasteiger partial charge in [0.2, 0.25) is 0 Å². The Kier molecular flexibility index (Phi) is 5.18. The topological polar surface area (TPSA) is 61.4 Å². The second-order valence-corrected chi connectivity index (χ2v) is 5.07. The van der Waals surface area contributed by atoms with E-state index in [1.807, 2.05) is 42.5 Å². The Bertz CT molecular complexity index is 626. The van der Waals surface area contributed by atoms with Gasteiger partial charge in [-0.05, 0) is 24.3 Å². The predicted octanol–water partition coefficient (Wildman–Crippen LogP) is 2.41. The maximum absolute atomic E-state index is 11.7. The molecule has 0 saturated heterocycles. The van der Waals surface area contributed by atoms with Gasteiger partial charge >= 0.3 is 6.03 Å². The van der Waals surface area contributed by atoms with Gasteiger partial charge in [0.15, 0.2) is 0 Å². The largest absolute Gasteiger partial charge is 0.384 e. The molecule has 5 heteroatoms. The third-order valence-electron chi connectivity index (χ3n) is 2.41. The molecule has 0 spiro atoms. The zero-order valence-electron chi connectivity index (χ0n) is 10.7. The second kappa shape index (κ2) is 7.34. The Morgan fingerprint density at radius 3 is 2.75 bits per heavy atom. The Hall–Kier alpha value is -2.29. The fourth-order valence-corrected chi connectivity index (χ4v) is 2.35. The number of carbonyl (C=O) groups is 1. The zero-order valence-corrected chi connectivity index (χ0v) is 11.5. The van der Waals surface area contributed by atoms with E-state index < -0.39 is 0 Å². The molecule has 2 rings (SSSR count). The van der Waals surface area contributed by atoms with E-state index >= 15 is 0 Å². The molecule has 2 amide bonds. The number of benzene rings is 1. The van der Waals surface area contributed by atoms with Gasteiger partial charge < -0.3 is 15.7 Å². The van der Waals surface area contributed by atoms with Crippen LogP contribution < -0.4 is 10.6 Å². The van der Waals surface area contributed by atoms with Crippen molar-refractivity contribution in [3.05, 3.63) is 52.2 Å². The third kappa shape index (κ3) is 4.43. The first-order chi connectivity index (χ1) is 9.78. The first kappa shape index (κ1) is 14.1. The van der Waals surface area contributed by atoms with Gasteiger partial charge in [0.05, 0.1) is 11.4 Å². The number of aliphatic hydroxyl groups is 1. The molecule has 1 heterocycles. The Balaban J connectivity index is 1.83. The molecule has 0 bridgehead atoms. The highest BCUT2D eigenvalue weighted by atomic mass is 32.1. The number of urea groups is 1. The van der Waals surface area contributed by atoms with Crippen LogP contribution in [-0.2, 0) is 6.54 Å². The molecule has 3 N–H and O–H groups in total. The average Bonchev–Trinajstić information content (AvgIpc) is 2.92. The summed E-state index contributed by atoms with van der Waals surface area (Å²) in [5, 5.41) is 14.1. The number of anilines is 1. The highest BCUT2D eigenvalue weighted by Gasteiger charge is 2.03. The third-order valence-corrected chi connectivity index (χ3v) is 3.41. The van der Waals surface area contributed by atoms with Crippen LogP contribution in [0.4, 0.5) is 10.5 Å². The Morgan fingerprint density at radius 2 is 2.00 bits per heavy atom. The molecule has 0 atom stereocenters. The van der Waals surface area contributed by atoms with Crippen LogP contribution in [0.3, 0.4) is 0 Å². The molecule has 0 unspecified atom stereocenters. The molecular formula is C15H14N2O2S. The number of nitrogens with one attached hydrogen (secondary N) is 2. The minimum Gasteiger partial charge on any atom is -0.384 e. The molecule has 0 radical (unpaired) electrons. The van der Waals surface area contributed by atoms with Crippen molar-refractivity contribution in [2.24, 2.45) is 0 Å². The molecule has 4 nitrogen and oxygen atoms in total. The number of hydrogen-bond acceptors (Lipinski definition) is 3. The number of aliphatic hydroxyl groups excluding tert-OH is 1. The molecular weight excluding hydrogens is 272 g/mol. The van der Waals surface area contributed by atoms with Crippen LogP contribution >= 0.6 is 11.3 Å². The lowest BCUT2D eigenvalue weighted by molar-refractivity contribution is 0.252. The normalized spacial score (nSPS) is 9.45.